The maximum atomic E-state index is 11.3. The standard InChI is InChI=1S/C14H17N3O3S/c1-3-9-6-17(4-5-20-9)12-10-8(2)11(14(18)19)21-13(10)16-7-15-12/h7,9H,3-6H2,1-2H3,(H,18,19). The van der Waals surface area contributed by atoms with Crippen molar-refractivity contribution in [2.45, 2.75) is 26.4 Å². The predicted molar refractivity (Wildman–Crippen MR) is 81.4 cm³/mol. The molecule has 1 fully saturated rings. The smallest absolute Gasteiger partial charge is 0.346 e. The van der Waals surface area contributed by atoms with Gasteiger partial charge in [-0.25, -0.2) is 14.8 Å². The van der Waals surface area contributed by atoms with Crippen LogP contribution in [0, 0.1) is 6.92 Å². The van der Waals surface area contributed by atoms with Gasteiger partial charge in [-0.1, -0.05) is 6.92 Å². The van der Waals surface area contributed by atoms with Gasteiger partial charge in [-0.3, -0.25) is 0 Å². The van der Waals surface area contributed by atoms with Crippen molar-refractivity contribution in [1.29, 1.82) is 0 Å². The number of nitrogens with zero attached hydrogens (tertiary/aromatic N) is 3. The third-order valence-corrected chi connectivity index (χ3v) is 4.98. The SMILES string of the molecule is CCC1CN(c2ncnc3sc(C(=O)O)c(C)c23)CCO1. The van der Waals surface area contributed by atoms with Crippen molar-refractivity contribution >= 4 is 33.3 Å². The van der Waals surface area contributed by atoms with Crippen molar-refractivity contribution in [1.82, 2.24) is 9.97 Å². The van der Waals surface area contributed by atoms with Crippen molar-refractivity contribution in [3.63, 3.8) is 0 Å². The second-order valence-electron chi connectivity index (χ2n) is 5.09. The number of hydrogen-bond donors (Lipinski definition) is 1. The molecule has 0 radical (unpaired) electrons. The molecular formula is C14H17N3O3S. The van der Waals surface area contributed by atoms with E-state index in [2.05, 4.69) is 21.8 Å². The normalized spacial score (nSPS) is 19.1. The quantitative estimate of drug-likeness (QED) is 0.938. The predicted octanol–water partition coefficient (Wildman–Crippen LogP) is 2.31. The van der Waals surface area contributed by atoms with Crippen LogP contribution in [-0.2, 0) is 4.74 Å². The average Bonchev–Trinajstić information content (AvgIpc) is 2.85. The number of thiophene rings is 1. The Balaban J connectivity index is 2.08. The van der Waals surface area contributed by atoms with Crippen LogP contribution in [0.25, 0.3) is 10.2 Å². The molecule has 2 aromatic heterocycles. The molecule has 0 aliphatic carbocycles. The van der Waals surface area contributed by atoms with Gasteiger partial charge in [0.15, 0.2) is 0 Å². The molecule has 0 aromatic carbocycles. The van der Waals surface area contributed by atoms with Crippen LogP contribution in [0.5, 0.6) is 0 Å². The molecule has 7 heteroatoms. The van der Waals surface area contributed by atoms with E-state index in [1.165, 1.54) is 17.7 Å². The molecule has 6 nitrogen and oxygen atoms in total. The molecule has 21 heavy (non-hydrogen) atoms. The first-order chi connectivity index (χ1) is 10.1. The number of carboxylic acid groups (broad SMARTS) is 1. The maximum Gasteiger partial charge on any atom is 0.346 e. The number of hydrogen-bond acceptors (Lipinski definition) is 6. The number of anilines is 1. The van der Waals surface area contributed by atoms with Crippen LogP contribution in [-0.4, -0.2) is 46.8 Å². The minimum atomic E-state index is -0.908. The van der Waals surface area contributed by atoms with E-state index in [-0.39, 0.29) is 6.10 Å². The van der Waals surface area contributed by atoms with Gasteiger partial charge in [0.25, 0.3) is 0 Å². The molecular weight excluding hydrogens is 290 g/mol. The molecule has 112 valence electrons. The van der Waals surface area contributed by atoms with Gasteiger partial charge in [0, 0.05) is 13.1 Å². The molecule has 0 amide bonds. The van der Waals surface area contributed by atoms with Gasteiger partial charge in [0.1, 0.15) is 21.9 Å². The Morgan fingerprint density at radius 3 is 3.10 bits per heavy atom. The highest BCUT2D eigenvalue weighted by molar-refractivity contribution is 7.20. The summed E-state index contributed by atoms with van der Waals surface area (Å²) in [6.45, 7) is 6.13. The van der Waals surface area contributed by atoms with Crippen LogP contribution in [0.2, 0.25) is 0 Å². The first-order valence-electron chi connectivity index (χ1n) is 6.95. The van der Waals surface area contributed by atoms with E-state index >= 15 is 0 Å². The molecule has 2 aromatic rings. The van der Waals surface area contributed by atoms with Crippen molar-refractivity contribution in [2.75, 3.05) is 24.6 Å². The van der Waals surface area contributed by atoms with Crippen LogP contribution < -0.4 is 4.90 Å². The van der Waals surface area contributed by atoms with Crippen LogP contribution in [0.1, 0.15) is 28.6 Å². The molecule has 1 aliphatic heterocycles. The first-order valence-corrected chi connectivity index (χ1v) is 7.77. The van der Waals surface area contributed by atoms with E-state index in [1.807, 2.05) is 6.92 Å². The third kappa shape index (κ3) is 2.47. The summed E-state index contributed by atoms with van der Waals surface area (Å²) >= 11 is 1.21. The number of carboxylic acids is 1. The molecule has 1 unspecified atom stereocenters. The molecule has 1 aliphatic rings. The zero-order valence-electron chi connectivity index (χ0n) is 12.0. The van der Waals surface area contributed by atoms with Gasteiger partial charge in [-0.05, 0) is 18.9 Å². The molecule has 0 saturated carbocycles. The lowest BCUT2D eigenvalue weighted by atomic mass is 10.1. The van der Waals surface area contributed by atoms with Gasteiger partial charge in [-0.2, -0.15) is 0 Å². The van der Waals surface area contributed by atoms with E-state index in [0.29, 0.717) is 11.5 Å². The number of aromatic nitrogens is 2. The Bertz CT molecular complexity index is 685. The van der Waals surface area contributed by atoms with E-state index in [4.69, 9.17) is 4.74 Å². The molecule has 1 N–H and O–H groups in total. The number of fused-ring (bicyclic) bond motifs is 1. The summed E-state index contributed by atoms with van der Waals surface area (Å²) in [5.74, 6) is -0.0853. The Labute approximate surface area is 126 Å². The van der Waals surface area contributed by atoms with E-state index in [1.54, 1.807) is 0 Å². The number of ether oxygens (including phenoxy) is 1. The summed E-state index contributed by atoms with van der Waals surface area (Å²) in [6, 6.07) is 0. The lowest BCUT2D eigenvalue weighted by Crippen LogP contribution is -2.42. The lowest BCUT2D eigenvalue weighted by Gasteiger charge is -2.33. The molecule has 1 atom stereocenters. The average molecular weight is 307 g/mol. The first kappa shape index (κ1) is 14.2. The Morgan fingerprint density at radius 1 is 1.57 bits per heavy atom. The van der Waals surface area contributed by atoms with E-state index < -0.39 is 5.97 Å². The minimum absolute atomic E-state index is 0.196. The van der Waals surface area contributed by atoms with Gasteiger partial charge < -0.3 is 14.7 Å². The zero-order chi connectivity index (χ0) is 15.0. The number of aromatic carboxylic acids is 1. The topological polar surface area (TPSA) is 75.6 Å². The van der Waals surface area contributed by atoms with E-state index in [0.717, 1.165) is 41.1 Å². The summed E-state index contributed by atoms with van der Waals surface area (Å²) in [6.07, 6.45) is 2.66. The monoisotopic (exact) mass is 307 g/mol. The second-order valence-corrected chi connectivity index (χ2v) is 6.08. The maximum absolute atomic E-state index is 11.3. The molecule has 1 saturated heterocycles. The Morgan fingerprint density at radius 2 is 2.38 bits per heavy atom. The Kier molecular flexibility index (Phi) is 3.77. The van der Waals surface area contributed by atoms with Gasteiger partial charge >= 0.3 is 5.97 Å². The highest BCUT2D eigenvalue weighted by Crippen LogP contribution is 2.35. The fourth-order valence-electron chi connectivity index (χ4n) is 2.66. The highest BCUT2D eigenvalue weighted by atomic mass is 32.1. The Hall–Kier alpha value is -1.73. The van der Waals surface area contributed by atoms with Gasteiger partial charge in [0.05, 0.1) is 18.1 Å². The summed E-state index contributed by atoms with van der Waals surface area (Å²) in [4.78, 5) is 23.2. The molecule has 3 rings (SSSR count). The molecule has 3 heterocycles. The zero-order valence-corrected chi connectivity index (χ0v) is 12.8. The number of carbonyl (C=O) groups is 1. The van der Waals surface area contributed by atoms with Crippen LogP contribution in [0.15, 0.2) is 6.33 Å². The summed E-state index contributed by atoms with van der Waals surface area (Å²) in [5.41, 5.74) is 0.748. The fourth-order valence-corrected chi connectivity index (χ4v) is 3.64. The summed E-state index contributed by atoms with van der Waals surface area (Å²) < 4.78 is 5.69. The molecule has 0 bridgehead atoms. The number of morpholine rings is 1. The van der Waals surface area contributed by atoms with Gasteiger partial charge in [-0.15, -0.1) is 11.3 Å². The van der Waals surface area contributed by atoms with Gasteiger partial charge in [0.2, 0.25) is 0 Å². The summed E-state index contributed by atoms with van der Waals surface area (Å²) in [5, 5.41) is 10.1. The van der Waals surface area contributed by atoms with Crippen molar-refractivity contribution in [2.24, 2.45) is 0 Å². The number of rotatable bonds is 3. The third-order valence-electron chi connectivity index (χ3n) is 3.79. The van der Waals surface area contributed by atoms with Crippen molar-refractivity contribution < 1.29 is 14.6 Å². The fraction of sp³-hybridized carbons (Fsp3) is 0.500. The summed E-state index contributed by atoms with van der Waals surface area (Å²) in [7, 11) is 0. The molecule has 0 spiro atoms. The largest absolute Gasteiger partial charge is 0.477 e. The van der Waals surface area contributed by atoms with Crippen LogP contribution in [0.3, 0.4) is 0 Å². The van der Waals surface area contributed by atoms with E-state index in [9.17, 15) is 9.90 Å². The highest BCUT2D eigenvalue weighted by Gasteiger charge is 2.25. The lowest BCUT2D eigenvalue weighted by molar-refractivity contribution is 0.0382. The van der Waals surface area contributed by atoms with Crippen molar-refractivity contribution in [3.05, 3.63) is 16.8 Å². The van der Waals surface area contributed by atoms with Crippen molar-refractivity contribution in [3.8, 4) is 0 Å². The number of aryl methyl sites for hydroxylation is 1. The second kappa shape index (κ2) is 5.57. The van der Waals surface area contributed by atoms with Crippen LogP contribution >= 0.6 is 11.3 Å². The minimum Gasteiger partial charge on any atom is -0.477 e. The van der Waals surface area contributed by atoms with Crippen LogP contribution in [0.4, 0.5) is 5.82 Å².